The second-order valence-corrected chi connectivity index (χ2v) is 5.53. The lowest BCUT2D eigenvalue weighted by Gasteiger charge is -2.05. The number of aromatic amines is 1. The number of H-pyrrole nitrogens is 1. The van der Waals surface area contributed by atoms with E-state index >= 15 is 0 Å². The molecule has 0 saturated carbocycles. The number of carbonyl (C=O) groups is 1. The van der Waals surface area contributed by atoms with Crippen LogP contribution in [0.25, 0.3) is 0 Å². The first-order valence-electron chi connectivity index (χ1n) is 6.31. The molecular formula is C15H16N2O2S. The highest BCUT2D eigenvalue weighted by molar-refractivity contribution is 7.99. The van der Waals surface area contributed by atoms with Crippen molar-refractivity contribution in [3.8, 4) is 0 Å². The molecule has 0 fully saturated rings. The van der Waals surface area contributed by atoms with Gasteiger partial charge in [0.2, 0.25) is 5.56 Å². The molecule has 20 heavy (non-hydrogen) atoms. The molecule has 1 amide bonds. The average Bonchev–Trinajstić information content (AvgIpc) is 2.46. The molecule has 0 atom stereocenters. The standard InChI is InChI=1S/C15H16N2O2S/c1-11-2-5-13(6-3-11)20-9-8-16-15(19)12-4-7-14(18)17-10-12/h2-7,10H,8-9H2,1H3,(H,16,19)(H,17,18). The molecule has 0 aliphatic rings. The van der Waals surface area contributed by atoms with Crippen LogP contribution in [0.4, 0.5) is 0 Å². The van der Waals surface area contributed by atoms with E-state index in [1.165, 1.54) is 28.8 Å². The zero-order chi connectivity index (χ0) is 14.4. The molecule has 0 saturated heterocycles. The number of aryl methyl sites for hydroxylation is 1. The number of hydrogen-bond acceptors (Lipinski definition) is 3. The Balaban J connectivity index is 1.75. The molecule has 0 unspecified atom stereocenters. The predicted molar refractivity (Wildman–Crippen MR) is 81.3 cm³/mol. The number of rotatable bonds is 5. The summed E-state index contributed by atoms with van der Waals surface area (Å²) in [5.74, 6) is 0.628. The Morgan fingerprint density at radius 3 is 2.60 bits per heavy atom. The topological polar surface area (TPSA) is 62.0 Å². The van der Waals surface area contributed by atoms with Crippen molar-refractivity contribution in [3.63, 3.8) is 0 Å². The van der Waals surface area contributed by atoms with E-state index < -0.39 is 0 Å². The zero-order valence-electron chi connectivity index (χ0n) is 11.2. The number of carbonyl (C=O) groups excluding carboxylic acids is 1. The summed E-state index contributed by atoms with van der Waals surface area (Å²) in [6, 6.07) is 11.1. The molecule has 2 aromatic rings. The summed E-state index contributed by atoms with van der Waals surface area (Å²) in [6.45, 7) is 2.63. The monoisotopic (exact) mass is 288 g/mol. The van der Waals surface area contributed by atoms with Gasteiger partial charge in [0.15, 0.2) is 0 Å². The minimum atomic E-state index is -0.212. The lowest BCUT2D eigenvalue weighted by molar-refractivity contribution is 0.0956. The van der Waals surface area contributed by atoms with Crippen LogP contribution in [-0.4, -0.2) is 23.2 Å². The fourth-order valence-corrected chi connectivity index (χ4v) is 2.39. The summed E-state index contributed by atoms with van der Waals surface area (Å²) >= 11 is 1.70. The molecule has 4 nitrogen and oxygen atoms in total. The Labute approximate surface area is 121 Å². The summed E-state index contributed by atoms with van der Waals surface area (Å²) < 4.78 is 0. The molecule has 1 aromatic carbocycles. The van der Waals surface area contributed by atoms with E-state index in [1.807, 2.05) is 0 Å². The summed E-state index contributed by atoms with van der Waals surface area (Å²) in [7, 11) is 0. The molecule has 0 aliphatic heterocycles. The van der Waals surface area contributed by atoms with Crippen molar-refractivity contribution in [2.45, 2.75) is 11.8 Å². The smallest absolute Gasteiger partial charge is 0.252 e. The van der Waals surface area contributed by atoms with Gasteiger partial charge in [0, 0.05) is 29.5 Å². The third-order valence-corrected chi connectivity index (χ3v) is 3.74. The maximum Gasteiger partial charge on any atom is 0.252 e. The van der Waals surface area contributed by atoms with Gasteiger partial charge in [-0.15, -0.1) is 11.8 Å². The Morgan fingerprint density at radius 1 is 1.20 bits per heavy atom. The lowest BCUT2D eigenvalue weighted by Crippen LogP contribution is -2.26. The summed E-state index contributed by atoms with van der Waals surface area (Å²) in [5, 5.41) is 2.82. The van der Waals surface area contributed by atoms with E-state index in [1.54, 1.807) is 11.8 Å². The minimum absolute atomic E-state index is 0.175. The second-order valence-electron chi connectivity index (χ2n) is 4.36. The zero-order valence-corrected chi connectivity index (χ0v) is 12.0. The molecule has 0 radical (unpaired) electrons. The highest BCUT2D eigenvalue weighted by Gasteiger charge is 2.04. The SMILES string of the molecule is Cc1ccc(SCCNC(=O)c2ccc(=O)[nH]c2)cc1. The maximum atomic E-state index is 11.8. The second kappa shape index (κ2) is 6.96. The van der Waals surface area contributed by atoms with E-state index in [9.17, 15) is 9.59 Å². The number of hydrogen-bond donors (Lipinski definition) is 2. The van der Waals surface area contributed by atoms with Crippen LogP contribution >= 0.6 is 11.8 Å². The van der Waals surface area contributed by atoms with Crippen molar-refractivity contribution in [3.05, 3.63) is 64.1 Å². The average molecular weight is 288 g/mol. The van der Waals surface area contributed by atoms with Crippen molar-refractivity contribution >= 4 is 17.7 Å². The lowest BCUT2D eigenvalue weighted by atomic mass is 10.2. The fraction of sp³-hybridized carbons (Fsp3) is 0.200. The highest BCUT2D eigenvalue weighted by Crippen LogP contribution is 2.17. The molecular weight excluding hydrogens is 272 g/mol. The molecule has 1 heterocycles. The first-order chi connectivity index (χ1) is 9.65. The normalized spacial score (nSPS) is 10.2. The van der Waals surface area contributed by atoms with Gasteiger partial charge in [0.1, 0.15) is 0 Å². The molecule has 0 bridgehead atoms. The molecule has 2 rings (SSSR count). The van der Waals surface area contributed by atoms with Gasteiger partial charge in [-0.1, -0.05) is 17.7 Å². The van der Waals surface area contributed by atoms with Crippen LogP contribution in [0.1, 0.15) is 15.9 Å². The maximum absolute atomic E-state index is 11.8. The van der Waals surface area contributed by atoms with Crippen LogP contribution in [0.2, 0.25) is 0 Å². The molecule has 1 aromatic heterocycles. The van der Waals surface area contributed by atoms with Crippen LogP contribution < -0.4 is 10.9 Å². The third kappa shape index (κ3) is 4.28. The van der Waals surface area contributed by atoms with Crippen molar-refractivity contribution < 1.29 is 4.79 Å². The number of amides is 1. The summed E-state index contributed by atoms with van der Waals surface area (Å²) in [5.41, 5.74) is 1.49. The number of benzene rings is 1. The van der Waals surface area contributed by atoms with E-state index in [0.717, 1.165) is 5.75 Å². The Bertz CT molecular complexity index is 615. The van der Waals surface area contributed by atoms with Gasteiger partial charge in [0.25, 0.3) is 5.91 Å². The van der Waals surface area contributed by atoms with Crippen molar-refractivity contribution in [1.82, 2.24) is 10.3 Å². The number of nitrogens with one attached hydrogen (secondary N) is 2. The Morgan fingerprint density at radius 2 is 1.95 bits per heavy atom. The Hall–Kier alpha value is -2.01. The number of pyridine rings is 1. The third-order valence-electron chi connectivity index (χ3n) is 2.72. The largest absolute Gasteiger partial charge is 0.351 e. The number of aromatic nitrogens is 1. The molecule has 5 heteroatoms. The number of thioether (sulfide) groups is 1. The van der Waals surface area contributed by atoms with Crippen molar-refractivity contribution in [2.24, 2.45) is 0 Å². The van der Waals surface area contributed by atoms with Gasteiger partial charge in [-0.2, -0.15) is 0 Å². The van der Waals surface area contributed by atoms with Gasteiger partial charge in [-0.05, 0) is 25.1 Å². The van der Waals surface area contributed by atoms with Gasteiger partial charge >= 0.3 is 0 Å². The van der Waals surface area contributed by atoms with E-state index in [-0.39, 0.29) is 11.5 Å². The first-order valence-corrected chi connectivity index (χ1v) is 7.30. The summed E-state index contributed by atoms with van der Waals surface area (Å²) in [6.07, 6.45) is 1.42. The van der Waals surface area contributed by atoms with Crippen molar-refractivity contribution in [1.29, 1.82) is 0 Å². The van der Waals surface area contributed by atoms with E-state index in [4.69, 9.17) is 0 Å². The Kier molecular flexibility index (Phi) is 5.01. The van der Waals surface area contributed by atoms with Gasteiger partial charge in [-0.25, -0.2) is 0 Å². The van der Waals surface area contributed by atoms with E-state index in [2.05, 4.69) is 41.5 Å². The fourth-order valence-electron chi connectivity index (χ4n) is 1.62. The van der Waals surface area contributed by atoms with Crippen LogP contribution in [-0.2, 0) is 0 Å². The first kappa shape index (κ1) is 14.4. The summed E-state index contributed by atoms with van der Waals surface area (Å²) in [4.78, 5) is 26.3. The predicted octanol–water partition coefficient (Wildman–Crippen LogP) is 2.21. The minimum Gasteiger partial charge on any atom is -0.351 e. The highest BCUT2D eigenvalue weighted by atomic mass is 32.2. The molecule has 0 aliphatic carbocycles. The molecule has 2 N–H and O–H groups in total. The van der Waals surface area contributed by atoms with Crippen molar-refractivity contribution in [2.75, 3.05) is 12.3 Å². The van der Waals surface area contributed by atoms with Gasteiger partial charge in [-0.3, -0.25) is 9.59 Å². The van der Waals surface area contributed by atoms with E-state index in [0.29, 0.717) is 12.1 Å². The van der Waals surface area contributed by atoms with Crippen LogP contribution in [0.15, 0.2) is 52.3 Å². The van der Waals surface area contributed by atoms with Crippen LogP contribution in [0, 0.1) is 6.92 Å². The van der Waals surface area contributed by atoms with Gasteiger partial charge < -0.3 is 10.3 Å². The molecule has 0 spiro atoms. The van der Waals surface area contributed by atoms with Crippen LogP contribution in [0.3, 0.4) is 0 Å². The molecule has 104 valence electrons. The van der Waals surface area contributed by atoms with Gasteiger partial charge in [0.05, 0.1) is 5.56 Å². The van der Waals surface area contributed by atoms with Crippen LogP contribution in [0.5, 0.6) is 0 Å². The quantitative estimate of drug-likeness (QED) is 0.655.